The third-order valence-electron chi connectivity index (χ3n) is 4.78. The SMILES string of the molecule is CCCCc1nc(O)c(NS(=O)(=O)CCc2ncc(F)cn2)c(=O)n1-c1c(OC)ncnc1OC. The summed E-state index contributed by atoms with van der Waals surface area (Å²) in [6, 6.07) is 0. The summed E-state index contributed by atoms with van der Waals surface area (Å²) >= 11 is 0. The summed E-state index contributed by atoms with van der Waals surface area (Å²) < 4.78 is 52.0. The summed E-state index contributed by atoms with van der Waals surface area (Å²) in [6.45, 7) is 1.93. The highest BCUT2D eigenvalue weighted by Crippen LogP contribution is 2.30. The van der Waals surface area contributed by atoms with Crippen molar-refractivity contribution in [2.24, 2.45) is 0 Å². The molecule has 0 unspecified atom stereocenters. The van der Waals surface area contributed by atoms with E-state index in [4.69, 9.17) is 9.47 Å². The number of nitrogens with zero attached hydrogens (tertiary/aromatic N) is 6. The Morgan fingerprint density at radius 1 is 1.09 bits per heavy atom. The van der Waals surface area contributed by atoms with Gasteiger partial charge in [0.15, 0.2) is 17.2 Å². The van der Waals surface area contributed by atoms with E-state index < -0.39 is 38.7 Å². The number of rotatable bonds is 11. The molecule has 0 radical (unpaired) electrons. The number of aromatic nitrogens is 6. The van der Waals surface area contributed by atoms with E-state index in [1.807, 2.05) is 6.92 Å². The van der Waals surface area contributed by atoms with Gasteiger partial charge in [-0.1, -0.05) is 13.3 Å². The third kappa shape index (κ3) is 5.98. The van der Waals surface area contributed by atoms with Crippen molar-refractivity contribution in [1.82, 2.24) is 29.5 Å². The maximum atomic E-state index is 13.5. The van der Waals surface area contributed by atoms with Gasteiger partial charge in [0.25, 0.3) is 5.56 Å². The molecule has 0 bridgehead atoms. The summed E-state index contributed by atoms with van der Waals surface area (Å²) in [6.07, 6.45) is 4.48. The standard InChI is InChI=1S/C20H24FN7O6S/c1-4-5-6-14-26-17(29)15(27-35(31,32)8-7-13-22-9-12(21)10-23-13)20(30)28(14)16-18(33-2)24-11-25-19(16)34-3/h9-11,27,29H,4-8H2,1-3H3. The van der Waals surface area contributed by atoms with Gasteiger partial charge in [-0.3, -0.25) is 14.1 Å². The maximum Gasteiger partial charge on any atom is 0.286 e. The summed E-state index contributed by atoms with van der Waals surface area (Å²) in [7, 11) is -1.52. The van der Waals surface area contributed by atoms with Crippen LogP contribution in [0.1, 0.15) is 31.4 Å². The number of sulfonamides is 1. The van der Waals surface area contributed by atoms with Crippen molar-refractivity contribution in [2.45, 2.75) is 32.6 Å². The lowest BCUT2D eigenvalue weighted by molar-refractivity contribution is 0.366. The van der Waals surface area contributed by atoms with Gasteiger partial charge >= 0.3 is 0 Å². The van der Waals surface area contributed by atoms with Gasteiger partial charge in [0.2, 0.25) is 27.7 Å². The first-order valence-electron chi connectivity index (χ1n) is 10.5. The predicted molar refractivity (Wildman–Crippen MR) is 122 cm³/mol. The minimum Gasteiger partial charge on any atom is -0.492 e. The van der Waals surface area contributed by atoms with Crippen LogP contribution < -0.4 is 19.8 Å². The molecule has 3 aromatic heterocycles. The lowest BCUT2D eigenvalue weighted by atomic mass is 10.2. The second kappa shape index (κ2) is 11.0. The normalized spacial score (nSPS) is 11.3. The first kappa shape index (κ1) is 25.7. The van der Waals surface area contributed by atoms with Crippen molar-refractivity contribution in [3.05, 3.63) is 46.5 Å². The Morgan fingerprint density at radius 3 is 2.29 bits per heavy atom. The molecule has 0 saturated heterocycles. The Bertz CT molecular complexity index is 1330. The van der Waals surface area contributed by atoms with Gasteiger partial charge in [-0.2, -0.15) is 15.0 Å². The number of nitrogens with one attached hydrogen (secondary N) is 1. The molecule has 3 heterocycles. The number of ether oxygens (including phenoxy) is 2. The monoisotopic (exact) mass is 509 g/mol. The van der Waals surface area contributed by atoms with Gasteiger partial charge in [-0.15, -0.1) is 0 Å². The van der Waals surface area contributed by atoms with Gasteiger partial charge < -0.3 is 14.6 Å². The van der Waals surface area contributed by atoms with Gasteiger partial charge in [0, 0.05) is 12.8 Å². The molecular weight excluding hydrogens is 485 g/mol. The van der Waals surface area contributed by atoms with Crippen molar-refractivity contribution in [1.29, 1.82) is 0 Å². The highest BCUT2D eigenvalue weighted by atomic mass is 32.2. The molecule has 15 heteroatoms. The predicted octanol–water partition coefficient (Wildman–Crippen LogP) is 1.00. The Balaban J connectivity index is 2.07. The molecule has 0 amide bonds. The van der Waals surface area contributed by atoms with Crippen LogP contribution in [0.15, 0.2) is 23.5 Å². The van der Waals surface area contributed by atoms with E-state index in [-0.39, 0.29) is 41.9 Å². The van der Waals surface area contributed by atoms with Gasteiger partial charge in [0.05, 0.1) is 32.4 Å². The molecule has 2 N–H and O–H groups in total. The fraction of sp³-hybridized carbons (Fsp3) is 0.400. The number of anilines is 1. The molecule has 0 fully saturated rings. The van der Waals surface area contributed by atoms with E-state index in [9.17, 15) is 22.7 Å². The van der Waals surface area contributed by atoms with Crippen molar-refractivity contribution in [3.63, 3.8) is 0 Å². The third-order valence-corrected chi connectivity index (χ3v) is 6.04. The molecule has 13 nitrogen and oxygen atoms in total. The van der Waals surface area contributed by atoms with Crippen molar-refractivity contribution < 1.29 is 27.4 Å². The van der Waals surface area contributed by atoms with Crippen LogP contribution in [-0.2, 0) is 22.9 Å². The largest absolute Gasteiger partial charge is 0.492 e. The molecule has 0 aliphatic rings. The molecule has 188 valence electrons. The summed E-state index contributed by atoms with van der Waals surface area (Å²) in [5, 5.41) is 10.5. The molecule has 0 aliphatic heterocycles. The van der Waals surface area contributed by atoms with E-state index in [0.717, 1.165) is 23.4 Å². The minimum atomic E-state index is -4.18. The lowest BCUT2D eigenvalue weighted by Gasteiger charge is -2.18. The highest BCUT2D eigenvalue weighted by molar-refractivity contribution is 7.92. The highest BCUT2D eigenvalue weighted by Gasteiger charge is 2.26. The Kier molecular flexibility index (Phi) is 8.11. The van der Waals surface area contributed by atoms with Gasteiger partial charge in [-0.25, -0.2) is 22.8 Å². The first-order chi connectivity index (χ1) is 16.7. The molecular formula is C20H24FN7O6S. The number of methoxy groups -OCH3 is 2. The smallest absolute Gasteiger partial charge is 0.286 e. The summed E-state index contributed by atoms with van der Waals surface area (Å²) in [5.74, 6) is -1.83. The van der Waals surface area contributed by atoms with E-state index >= 15 is 0 Å². The fourth-order valence-electron chi connectivity index (χ4n) is 3.11. The molecule has 3 aromatic rings. The van der Waals surface area contributed by atoms with Crippen LogP contribution in [-0.4, -0.2) is 63.0 Å². The maximum absolute atomic E-state index is 13.5. The van der Waals surface area contributed by atoms with Gasteiger partial charge in [-0.05, 0) is 6.42 Å². The zero-order valence-electron chi connectivity index (χ0n) is 19.2. The molecule has 35 heavy (non-hydrogen) atoms. The summed E-state index contributed by atoms with van der Waals surface area (Å²) in [4.78, 5) is 33.0. The Morgan fingerprint density at radius 2 is 1.71 bits per heavy atom. The van der Waals surface area contributed by atoms with Crippen molar-refractivity contribution in [2.75, 3.05) is 24.7 Å². The molecule has 3 rings (SSSR count). The number of aryl methyl sites for hydroxylation is 2. The lowest BCUT2D eigenvalue weighted by Crippen LogP contribution is -2.30. The van der Waals surface area contributed by atoms with Crippen LogP contribution in [0.25, 0.3) is 5.69 Å². The van der Waals surface area contributed by atoms with E-state index in [1.165, 1.54) is 20.5 Å². The van der Waals surface area contributed by atoms with Crippen molar-refractivity contribution in [3.8, 4) is 23.3 Å². The van der Waals surface area contributed by atoms with Crippen LogP contribution in [0, 0.1) is 5.82 Å². The van der Waals surface area contributed by atoms with Gasteiger partial charge in [0.1, 0.15) is 18.0 Å². The molecule has 0 atom stereocenters. The second-order valence-electron chi connectivity index (χ2n) is 7.20. The van der Waals surface area contributed by atoms with Crippen LogP contribution >= 0.6 is 0 Å². The van der Waals surface area contributed by atoms with Crippen LogP contribution in [0.2, 0.25) is 0 Å². The second-order valence-corrected chi connectivity index (χ2v) is 9.04. The fourth-order valence-corrected chi connectivity index (χ4v) is 4.16. The number of unbranched alkanes of at least 4 members (excludes halogenated alkanes) is 1. The first-order valence-corrected chi connectivity index (χ1v) is 12.1. The number of aromatic hydroxyl groups is 1. The zero-order valence-corrected chi connectivity index (χ0v) is 20.0. The molecule has 0 aromatic carbocycles. The number of halogens is 1. The van der Waals surface area contributed by atoms with Crippen molar-refractivity contribution >= 4 is 15.7 Å². The van der Waals surface area contributed by atoms with E-state index in [0.29, 0.717) is 6.42 Å². The molecule has 0 aliphatic carbocycles. The van der Waals surface area contributed by atoms with Crippen LogP contribution in [0.4, 0.5) is 10.1 Å². The van der Waals surface area contributed by atoms with E-state index in [1.54, 1.807) is 0 Å². The van der Waals surface area contributed by atoms with E-state index in [2.05, 4.69) is 29.6 Å². The molecule has 0 saturated carbocycles. The Labute approximate surface area is 200 Å². The number of hydrogen-bond acceptors (Lipinski definition) is 11. The number of hydrogen-bond donors (Lipinski definition) is 2. The zero-order chi connectivity index (χ0) is 25.6. The topological polar surface area (TPSA) is 171 Å². The minimum absolute atomic E-state index is 0.00117. The average molecular weight is 510 g/mol. The molecule has 0 spiro atoms. The average Bonchev–Trinajstić information content (AvgIpc) is 2.84. The summed E-state index contributed by atoms with van der Waals surface area (Å²) in [5.41, 5.74) is -1.61. The Hall–Kier alpha value is -3.88. The van der Waals surface area contributed by atoms with Crippen LogP contribution in [0.3, 0.4) is 0 Å². The van der Waals surface area contributed by atoms with Crippen LogP contribution in [0.5, 0.6) is 17.6 Å². The quantitative estimate of drug-likeness (QED) is 0.378.